The first-order chi connectivity index (χ1) is 9.40. The number of nitrogen functional groups attached to an aromatic ring is 1. The number of anilines is 1. The molecule has 2 rings (SSSR count). The minimum atomic E-state index is -1.16. The van der Waals surface area contributed by atoms with Crippen LogP contribution in [0.15, 0.2) is 34.0 Å². The summed E-state index contributed by atoms with van der Waals surface area (Å²) in [6.07, 6.45) is 1.38. The number of carbonyl (C=O) groups is 1. The number of nitrogens with two attached hydrogens (primary N) is 1. The number of benzene rings is 1. The molecule has 0 atom stereocenters. The number of aromatic nitrogens is 2. The third-order valence-electron chi connectivity index (χ3n) is 2.93. The van der Waals surface area contributed by atoms with Crippen LogP contribution in [0, 0.1) is 6.92 Å². The van der Waals surface area contributed by atoms with Crippen LogP contribution in [0.4, 0.5) is 5.69 Å². The Morgan fingerprint density at radius 2 is 2.10 bits per heavy atom. The van der Waals surface area contributed by atoms with Crippen LogP contribution in [0.25, 0.3) is 0 Å². The Bertz CT molecular complexity index is 789. The fourth-order valence-electron chi connectivity index (χ4n) is 1.93. The average Bonchev–Trinajstić information content (AvgIpc) is 2.35. The number of hydrogen-bond donors (Lipinski definition) is 3. The minimum absolute atomic E-state index is 0.0170. The minimum Gasteiger partial charge on any atom is -0.478 e. The van der Waals surface area contributed by atoms with Crippen molar-refractivity contribution in [1.82, 2.24) is 9.55 Å². The highest BCUT2D eigenvalue weighted by molar-refractivity contribution is 5.95. The molecule has 0 aliphatic rings. The van der Waals surface area contributed by atoms with Crippen LogP contribution in [-0.4, -0.2) is 20.6 Å². The Morgan fingerprint density at radius 3 is 2.75 bits per heavy atom. The van der Waals surface area contributed by atoms with Gasteiger partial charge in [0.05, 0.1) is 12.1 Å². The second-order valence-corrected chi connectivity index (χ2v) is 4.39. The van der Waals surface area contributed by atoms with Crippen molar-refractivity contribution >= 4 is 11.7 Å². The van der Waals surface area contributed by atoms with E-state index in [1.54, 1.807) is 19.1 Å². The maximum Gasteiger partial charge on any atom is 0.338 e. The van der Waals surface area contributed by atoms with E-state index in [2.05, 4.69) is 4.98 Å². The summed E-state index contributed by atoms with van der Waals surface area (Å²) >= 11 is 0. The topological polar surface area (TPSA) is 118 Å². The van der Waals surface area contributed by atoms with Crippen molar-refractivity contribution in [2.75, 3.05) is 5.73 Å². The molecule has 1 heterocycles. The predicted octanol–water partition coefficient (Wildman–Crippen LogP) is 0.174. The molecule has 1 aromatic heterocycles. The lowest BCUT2D eigenvalue weighted by atomic mass is 10.1. The number of nitrogens with zero attached hydrogens (tertiary/aromatic N) is 1. The van der Waals surface area contributed by atoms with Gasteiger partial charge in [-0.15, -0.1) is 0 Å². The van der Waals surface area contributed by atoms with E-state index in [1.165, 1.54) is 16.8 Å². The summed E-state index contributed by atoms with van der Waals surface area (Å²) in [5, 5.41) is 9.17. The molecule has 0 amide bonds. The average molecular weight is 275 g/mol. The summed E-state index contributed by atoms with van der Waals surface area (Å²) in [5.41, 5.74) is 5.43. The van der Waals surface area contributed by atoms with Gasteiger partial charge in [-0.2, -0.15) is 0 Å². The smallest absolute Gasteiger partial charge is 0.338 e. The van der Waals surface area contributed by atoms with E-state index in [-0.39, 0.29) is 17.8 Å². The molecule has 0 fully saturated rings. The standard InChI is InChI=1S/C13H13N3O4/c1-7-5-16(13(20)15-11(7)17)6-8-3-2-4-9(14)10(8)12(18)19/h2-5H,6,14H2,1H3,(H,18,19)(H,15,17,20). The number of H-pyrrole nitrogens is 1. The summed E-state index contributed by atoms with van der Waals surface area (Å²) in [4.78, 5) is 36.4. The molecular weight excluding hydrogens is 262 g/mol. The van der Waals surface area contributed by atoms with E-state index in [0.717, 1.165) is 0 Å². The fourth-order valence-corrected chi connectivity index (χ4v) is 1.93. The zero-order valence-electron chi connectivity index (χ0n) is 10.7. The monoisotopic (exact) mass is 275 g/mol. The van der Waals surface area contributed by atoms with Crippen LogP contribution in [-0.2, 0) is 6.54 Å². The number of aromatic amines is 1. The molecule has 0 aliphatic heterocycles. The van der Waals surface area contributed by atoms with Crippen LogP contribution in [0.3, 0.4) is 0 Å². The van der Waals surface area contributed by atoms with Crippen molar-refractivity contribution in [3.05, 3.63) is 61.9 Å². The second-order valence-electron chi connectivity index (χ2n) is 4.39. The quantitative estimate of drug-likeness (QED) is 0.690. The van der Waals surface area contributed by atoms with E-state index in [4.69, 9.17) is 10.8 Å². The number of carboxylic acids is 1. The first-order valence-corrected chi connectivity index (χ1v) is 5.81. The molecule has 1 aromatic carbocycles. The van der Waals surface area contributed by atoms with E-state index < -0.39 is 17.2 Å². The molecule has 0 bridgehead atoms. The second kappa shape index (κ2) is 5.04. The molecular formula is C13H13N3O4. The van der Waals surface area contributed by atoms with Gasteiger partial charge in [0.2, 0.25) is 0 Å². The zero-order valence-corrected chi connectivity index (χ0v) is 10.7. The van der Waals surface area contributed by atoms with Crippen LogP contribution in [0.2, 0.25) is 0 Å². The van der Waals surface area contributed by atoms with Gasteiger partial charge >= 0.3 is 11.7 Å². The Kier molecular flexibility index (Phi) is 3.43. The number of carboxylic acid groups (broad SMARTS) is 1. The number of hydrogen-bond acceptors (Lipinski definition) is 4. The molecule has 104 valence electrons. The maximum absolute atomic E-state index is 11.7. The highest BCUT2D eigenvalue weighted by Gasteiger charge is 2.14. The van der Waals surface area contributed by atoms with E-state index in [9.17, 15) is 14.4 Å². The first kappa shape index (κ1) is 13.6. The molecule has 20 heavy (non-hydrogen) atoms. The highest BCUT2D eigenvalue weighted by Crippen LogP contribution is 2.17. The molecule has 0 unspecified atom stereocenters. The Labute approximate surface area is 113 Å². The van der Waals surface area contributed by atoms with Crippen molar-refractivity contribution in [2.24, 2.45) is 0 Å². The van der Waals surface area contributed by atoms with Gasteiger partial charge in [-0.25, -0.2) is 9.59 Å². The lowest BCUT2D eigenvalue weighted by Crippen LogP contribution is -2.31. The van der Waals surface area contributed by atoms with Crippen LogP contribution < -0.4 is 17.0 Å². The molecule has 2 aromatic rings. The molecule has 0 saturated carbocycles. The van der Waals surface area contributed by atoms with Crippen molar-refractivity contribution < 1.29 is 9.90 Å². The SMILES string of the molecule is Cc1cn(Cc2cccc(N)c2C(=O)O)c(=O)[nH]c1=O. The molecule has 7 heteroatoms. The predicted molar refractivity (Wildman–Crippen MR) is 73.0 cm³/mol. The summed E-state index contributed by atoms with van der Waals surface area (Å²) in [5.74, 6) is -1.16. The van der Waals surface area contributed by atoms with Crippen molar-refractivity contribution in [1.29, 1.82) is 0 Å². The van der Waals surface area contributed by atoms with Crippen LogP contribution in [0.5, 0.6) is 0 Å². The van der Waals surface area contributed by atoms with E-state index >= 15 is 0 Å². The van der Waals surface area contributed by atoms with Crippen molar-refractivity contribution in [3.8, 4) is 0 Å². The van der Waals surface area contributed by atoms with Gasteiger partial charge in [-0.1, -0.05) is 12.1 Å². The first-order valence-electron chi connectivity index (χ1n) is 5.81. The zero-order chi connectivity index (χ0) is 14.9. The van der Waals surface area contributed by atoms with Crippen LogP contribution >= 0.6 is 0 Å². The lowest BCUT2D eigenvalue weighted by Gasteiger charge is -2.10. The van der Waals surface area contributed by atoms with Gasteiger partial charge in [0.1, 0.15) is 0 Å². The molecule has 7 nitrogen and oxygen atoms in total. The maximum atomic E-state index is 11.7. The number of rotatable bonds is 3. The molecule has 0 spiro atoms. The number of aryl methyl sites for hydroxylation is 1. The Hall–Kier alpha value is -2.83. The van der Waals surface area contributed by atoms with Gasteiger partial charge in [0.25, 0.3) is 5.56 Å². The van der Waals surface area contributed by atoms with Crippen molar-refractivity contribution in [3.63, 3.8) is 0 Å². The number of aromatic carboxylic acids is 1. The molecule has 4 N–H and O–H groups in total. The van der Waals surface area contributed by atoms with Crippen LogP contribution in [0.1, 0.15) is 21.5 Å². The Balaban J connectivity index is 2.54. The molecule has 0 saturated heterocycles. The summed E-state index contributed by atoms with van der Waals surface area (Å²) < 4.78 is 1.23. The lowest BCUT2D eigenvalue weighted by molar-refractivity contribution is 0.0696. The van der Waals surface area contributed by atoms with Gasteiger partial charge in [0, 0.05) is 17.4 Å². The molecule has 0 aliphatic carbocycles. The van der Waals surface area contributed by atoms with Gasteiger partial charge in [-0.05, 0) is 18.6 Å². The summed E-state index contributed by atoms with van der Waals surface area (Å²) in [7, 11) is 0. The van der Waals surface area contributed by atoms with Gasteiger partial charge in [-0.3, -0.25) is 14.3 Å². The van der Waals surface area contributed by atoms with E-state index in [0.29, 0.717) is 11.1 Å². The highest BCUT2D eigenvalue weighted by atomic mass is 16.4. The number of nitrogens with one attached hydrogen (secondary N) is 1. The van der Waals surface area contributed by atoms with Gasteiger partial charge < -0.3 is 10.8 Å². The Morgan fingerprint density at radius 1 is 1.40 bits per heavy atom. The van der Waals surface area contributed by atoms with Gasteiger partial charge in [0.15, 0.2) is 0 Å². The third kappa shape index (κ3) is 2.46. The third-order valence-corrected chi connectivity index (χ3v) is 2.93. The largest absolute Gasteiger partial charge is 0.478 e. The summed E-state index contributed by atoms with van der Waals surface area (Å²) in [6.45, 7) is 1.58. The fraction of sp³-hybridized carbons (Fsp3) is 0.154. The normalized spacial score (nSPS) is 10.4. The van der Waals surface area contributed by atoms with E-state index in [1.807, 2.05) is 0 Å². The summed E-state index contributed by atoms with van der Waals surface area (Å²) in [6, 6.07) is 4.67. The van der Waals surface area contributed by atoms with Crippen molar-refractivity contribution in [2.45, 2.75) is 13.5 Å². The molecule has 0 radical (unpaired) electrons.